The average Bonchev–Trinajstić information content (AvgIpc) is 2.33. The van der Waals surface area contributed by atoms with E-state index in [-0.39, 0.29) is 22.8 Å². The van der Waals surface area contributed by atoms with Crippen LogP contribution in [-0.4, -0.2) is 22.1 Å². The van der Waals surface area contributed by atoms with Crippen molar-refractivity contribution < 1.29 is 9.53 Å². The Labute approximate surface area is 108 Å². The minimum atomic E-state index is -0.651. The van der Waals surface area contributed by atoms with Gasteiger partial charge in [-0.1, -0.05) is 11.6 Å². The van der Waals surface area contributed by atoms with Gasteiger partial charge in [-0.3, -0.25) is 4.79 Å². The van der Waals surface area contributed by atoms with Crippen LogP contribution in [-0.2, 0) is 11.8 Å². The molecule has 0 aliphatic rings. The Kier molecular flexibility index (Phi) is 3.34. The molecule has 2 heterocycles. The molecule has 0 atom stereocenters. The topological polar surface area (TPSA) is 61.2 Å². The highest BCUT2D eigenvalue weighted by atomic mass is 35.5. The highest BCUT2D eigenvalue weighted by Crippen LogP contribution is 2.13. The number of hydrogen-bond donors (Lipinski definition) is 0. The van der Waals surface area contributed by atoms with Crippen LogP contribution < -0.4 is 5.43 Å². The predicted octanol–water partition coefficient (Wildman–Crippen LogP) is 1.76. The second-order valence-electron chi connectivity index (χ2n) is 3.70. The third-order valence-corrected chi connectivity index (χ3v) is 2.71. The van der Waals surface area contributed by atoms with Gasteiger partial charge in [0.2, 0.25) is 5.43 Å². The molecule has 0 amide bonds. The lowest BCUT2D eigenvalue weighted by Gasteiger charge is -2.07. The smallest absolute Gasteiger partial charge is 0.343 e. The zero-order valence-electron chi connectivity index (χ0n) is 9.94. The van der Waals surface area contributed by atoms with Crippen LogP contribution in [0.25, 0.3) is 11.0 Å². The van der Waals surface area contributed by atoms with E-state index in [1.54, 1.807) is 30.7 Å². The van der Waals surface area contributed by atoms with Crippen molar-refractivity contribution in [1.82, 2.24) is 9.55 Å². The Hall–Kier alpha value is -1.88. The summed E-state index contributed by atoms with van der Waals surface area (Å²) in [5.74, 6) is -0.651. The Morgan fingerprint density at radius 3 is 2.89 bits per heavy atom. The molecule has 2 aromatic rings. The molecule has 0 saturated heterocycles. The van der Waals surface area contributed by atoms with Crippen LogP contribution >= 0.6 is 11.6 Å². The van der Waals surface area contributed by atoms with Crippen LogP contribution in [0.5, 0.6) is 0 Å². The molecular formula is C12H11ClN2O3. The first-order valence-corrected chi connectivity index (χ1v) is 5.75. The lowest BCUT2D eigenvalue weighted by Crippen LogP contribution is -2.20. The minimum absolute atomic E-state index is 0.0402. The maximum absolute atomic E-state index is 12.1. The maximum Gasteiger partial charge on any atom is 0.343 e. The fraction of sp³-hybridized carbons (Fsp3) is 0.250. The summed E-state index contributed by atoms with van der Waals surface area (Å²) in [5.41, 5.74) is 0.263. The summed E-state index contributed by atoms with van der Waals surface area (Å²) in [6.07, 6.45) is 1.44. The zero-order chi connectivity index (χ0) is 13.3. The molecule has 0 radical (unpaired) electrons. The zero-order valence-corrected chi connectivity index (χ0v) is 10.7. The summed E-state index contributed by atoms with van der Waals surface area (Å²) in [6, 6.07) is 3.27. The van der Waals surface area contributed by atoms with Crippen LogP contribution in [0.4, 0.5) is 0 Å². The number of hydrogen-bond acceptors (Lipinski definition) is 4. The molecule has 0 N–H and O–H groups in total. The lowest BCUT2D eigenvalue weighted by molar-refractivity contribution is 0.0524. The van der Waals surface area contributed by atoms with E-state index < -0.39 is 11.4 Å². The van der Waals surface area contributed by atoms with Gasteiger partial charge in [0, 0.05) is 13.2 Å². The first-order chi connectivity index (χ1) is 8.54. The van der Waals surface area contributed by atoms with Gasteiger partial charge in [0.15, 0.2) is 0 Å². The van der Waals surface area contributed by atoms with Crippen LogP contribution in [0.15, 0.2) is 23.1 Å². The van der Waals surface area contributed by atoms with Crippen LogP contribution in [0, 0.1) is 0 Å². The van der Waals surface area contributed by atoms with Crippen molar-refractivity contribution in [3.05, 3.63) is 39.3 Å². The van der Waals surface area contributed by atoms with E-state index in [0.717, 1.165) is 0 Å². The monoisotopic (exact) mass is 266 g/mol. The van der Waals surface area contributed by atoms with E-state index in [1.807, 2.05) is 0 Å². The van der Waals surface area contributed by atoms with Gasteiger partial charge in [0.05, 0.1) is 12.1 Å². The molecule has 2 rings (SSSR count). The number of pyridine rings is 2. The van der Waals surface area contributed by atoms with Crippen molar-refractivity contribution in [2.45, 2.75) is 6.92 Å². The standard InChI is InChI=1S/C12H11ClN2O3/c1-3-18-12(17)7-6-15(2)8-4-5-9(13)14-10(8)11(7)16/h4-6H,3H2,1-2H3. The predicted molar refractivity (Wildman–Crippen MR) is 68.0 cm³/mol. The number of carbonyl (C=O) groups excluding carboxylic acids is 1. The number of esters is 1. The van der Waals surface area contributed by atoms with Gasteiger partial charge in [0.25, 0.3) is 0 Å². The Balaban J connectivity index is 2.75. The van der Waals surface area contributed by atoms with E-state index in [9.17, 15) is 9.59 Å². The average molecular weight is 267 g/mol. The number of nitrogens with zero attached hydrogens (tertiary/aromatic N) is 2. The number of fused-ring (bicyclic) bond motifs is 1. The van der Waals surface area contributed by atoms with Gasteiger partial charge in [-0.2, -0.15) is 0 Å². The van der Waals surface area contributed by atoms with Crippen LogP contribution in [0.2, 0.25) is 5.15 Å². The molecule has 0 fully saturated rings. The molecule has 0 saturated carbocycles. The van der Waals surface area contributed by atoms with Gasteiger partial charge in [-0.25, -0.2) is 9.78 Å². The van der Waals surface area contributed by atoms with E-state index >= 15 is 0 Å². The largest absolute Gasteiger partial charge is 0.462 e. The van der Waals surface area contributed by atoms with Crippen molar-refractivity contribution in [3.63, 3.8) is 0 Å². The molecule has 18 heavy (non-hydrogen) atoms. The quantitative estimate of drug-likeness (QED) is 0.614. The maximum atomic E-state index is 12.1. The second kappa shape index (κ2) is 4.78. The van der Waals surface area contributed by atoms with Crippen molar-refractivity contribution >= 4 is 28.6 Å². The normalized spacial score (nSPS) is 10.6. The highest BCUT2D eigenvalue weighted by molar-refractivity contribution is 6.29. The van der Waals surface area contributed by atoms with Crippen molar-refractivity contribution in [3.8, 4) is 0 Å². The number of aryl methyl sites for hydroxylation is 1. The second-order valence-corrected chi connectivity index (χ2v) is 4.09. The fourth-order valence-electron chi connectivity index (χ4n) is 1.68. The number of rotatable bonds is 2. The van der Waals surface area contributed by atoms with Gasteiger partial charge in [-0.05, 0) is 19.1 Å². The van der Waals surface area contributed by atoms with Crippen LogP contribution in [0.1, 0.15) is 17.3 Å². The third-order valence-electron chi connectivity index (χ3n) is 2.50. The molecule has 94 valence electrons. The summed E-state index contributed by atoms with van der Waals surface area (Å²) < 4.78 is 6.48. The van der Waals surface area contributed by atoms with Gasteiger partial charge in [-0.15, -0.1) is 0 Å². The molecule has 0 spiro atoms. The molecule has 0 bridgehead atoms. The number of carbonyl (C=O) groups is 1. The molecule has 0 aromatic carbocycles. The molecular weight excluding hydrogens is 256 g/mol. The summed E-state index contributed by atoms with van der Waals surface area (Å²) >= 11 is 5.76. The summed E-state index contributed by atoms with van der Waals surface area (Å²) in [4.78, 5) is 27.7. The highest BCUT2D eigenvalue weighted by Gasteiger charge is 2.16. The molecule has 0 aliphatic carbocycles. The Morgan fingerprint density at radius 2 is 2.22 bits per heavy atom. The van der Waals surface area contributed by atoms with Crippen molar-refractivity contribution in [1.29, 1.82) is 0 Å². The molecule has 0 unspecified atom stereocenters. The van der Waals surface area contributed by atoms with Crippen molar-refractivity contribution in [2.24, 2.45) is 7.05 Å². The molecule has 6 heteroatoms. The van der Waals surface area contributed by atoms with Crippen molar-refractivity contribution in [2.75, 3.05) is 6.61 Å². The first-order valence-electron chi connectivity index (χ1n) is 5.37. The van der Waals surface area contributed by atoms with Gasteiger partial charge in [0.1, 0.15) is 16.2 Å². The molecule has 2 aromatic heterocycles. The lowest BCUT2D eigenvalue weighted by atomic mass is 10.2. The number of aromatic nitrogens is 2. The fourth-order valence-corrected chi connectivity index (χ4v) is 1.83. The summed E-state index contributed by atoms with van der Waals surface area (Å²) in [7, 11) is 1.72. The molecule has 5 nitrogen and oxygen atoms in total. The van der Waals surface area contributed by atoms with E-state index in [0.29, 0.717) is 5.52 Å². The van der Waals surface area contributed by atoms with Crippen LogP contribution in [0.3, 0.4) is 0 Å². The Morgan fingerprint density at radius 1 is 1.50 bits per heavy atom. The van der Waals surface area contributed by atoms with E-state index in [4.69, 9.17) is 16.3 Å². The number of ether oxygens (including phenoxy) is 1. The van der Waals surface area contributed by atoms with E-state index in [2.05, 4.69) is 4.98 Å². The first kappa shape index (κ1) is 12.6. The van der Waals surface area contributed by atoms with Gasteiger partial charge < -0.3 is 9.30 Å². The van der Waals surface area contributed by atoms with E-state index in [1.165, 1.54) is 6.20 Å². The summed E-state index contributed by atoms with van der Waals surface area (Å²) in [5, 5.41) is 0.209. The minimum Gasteiger partial charge on any atom is -0.462 e. The SMILES string of the molecule is CCOC(=O)c1cn(C)c2ccc(Cl)nc2c1=O. The van der Waals surface area contributed by atoms with Gasteiger partial charge >= 0.3 is 5.97 Å². The summed E-state index contributed by atoms with van der Waals surface area (Å²) in [6.45, 7) is 1.89. The number of halogens is 1. The molecule has 0 aliphatic heterocycles. The Bertz CT molecular complexity index is 679. The third kappa shape index (κ3) is 2.09.